The highest BCUT2D eigenvalue weighted by Crippen LogP contribution is 2.36. The van der Waals surface area contributed by atoms with Gasteiger partial charge in [-0.2, -0.15) is 0 Å². The van der Waals surface area contributed by atoms with Gasteiger partial charge in [-0.25, -0.2) is 0 Å². The van der Waals surface area contributed by atoms with Gasteiger partial charge in [-0.3, -0.25) is 4.90 Å². The lowest BCUT2D eigenvalue weighted by Crippen LogP contribution is -2.37. The summed E-state index contributed by atoms with van der Waals surface area (Å²) < 4.78 is 10.8. The maximum absolute atomic E-state index is 6.00. The van der Waals surface area contributed by atoms with Gasteiger partial charge in [0, 0.05) is 18.6 Å². The largest absolute Gasteiger partial charge is 0.454 e. The molecule has 0 amide bonds. The predicted molar refractivity (Wildman–Crippen MR) is 74.4 cm³/mol. The summed E-state index contributed by atoms with van der Waals surface area (Å²) in [5.41, 5.74) is 7.23. The van der Waals surface area contributed by atoms with E-state index >= 15 is 0 Å². The number of hydrogen-bond donors (Lipinski definition) is 1. The Balaban J connectivity index is 1.81. The number of ether oxygens (including phenoxy) is 2. The Morgan fingerprint density at radius 1 is 1.26 bits per heavy atom. The van der Waals surface area contributed by atoms with Crippen molar-refractivity contribution in [1.82, 2.24) is 4.90 Å². The van der Waals surface area contributed by atoms with E-state index in [1.54, 1.807) is 0 Å². The lowest BCUT2D eigenvalue weighted by Gasteiger charge is -2.32. The minimum atomic E-state index is 0.262. The first-order chi connectivity index (χ1) is 9.29. The molecule has 1 fully saturated rings. The third kappa shape index (κ3) is 2.42. The smallest absolute Gasteiger partial charge is 0.231 e. The molecule has 1 aromatic rings. The van der Waals surface area contributed by atoms with Gasteiger partial charge in [0.1, 0.15) is 0 Å². The van der Waals surface area contributed by atoms with Crippen LogP contribution in [-0.2, 0) is 0 Å². The monoisotopic (exact) mass is 262 g/mol. The number of fused-ring (bicyclic) bond motifs is 1. The van der Waals surface area contributed by atoms with Crippen LogP contribution in [0.1, 0.15) is 37.3 Å². The fraction of sp³-hybridized carbons (Fsp3) is 0.600. The van der Waals surface area contributed by atoms with E-state index in [4.69, 9.17) is 15.2 Å². The molecular weight excluding hydrogens is 240 g/mol. The van der Waals surface area contributed by atoms with Crippen molar-refractivity contribution in [3.05, 3.63) is 23.8 Å². The fourth-order valence-electron chi connectivity index (χ4n) is 3.22. The Bertz CT molecular complexity index is 444. The minimum absolute atomic E-state index is 0.262. The number of rotatable bonds is 4. The second kappa shape index (κ2) is 5.39. The van der Waals surface area contributed by atoms with Crippen LogP contribution in [0.3, 0.4) is 0 Å². The van der Waals surface area contributed by atoms with E-state index in [-0.39, 0.29) is 6.04 Å². The number of benzene rings is 1. The van der Waals surface area contributed by atoms with Crippen LogP contribution >= 0.6 is 0 Å². The highest BCUT2D eigenvalue weighted by atomic mass is 16.7. The highest BCUT2D eigenvalue weighted by Gasteiger charge is 2.27. The number of nitrogens with zero attached hydrogens (tertiary/aromatic N) is 1. The molecule has 2 aliphatic rings. The molecule has 4 heteroatoms. The van der Waals surface area contributed by atoms with Crippen molar-refractivity contribution in [1.29, 1.82) is 0 Å². The zero-order chi connectivity index (χ0) is 13.2. The van der Waals surface area contributed by atoms with Crippen molar-refractivity contribution < 1.29 is 9.47 Å². The molecular formula is C15H22N2O2. The van der Waals surface area contributed by atoms with Crippen molar-refractivity contribution >= 4 is 0 Å². The molecule has 1 aliphatic heterocycles. The van der Waals surface area contributed by atoms with E-state index in [1.807, 2.05) is 6.07 Å². The van der Waals surface area contributed by atoms with Gasteiger partial charge in [-0.1, -0.05) is 18.9 Å². The standard InChI is InChI=1S/C15H22N2O2/c1-17(12-4-2-3-5-12)13(9-16)11-6-7-14-15(8-11)19-10-18-14/h6-8,12-13H,2-5,9-10,16H2,1H3. The summed E-state index contributed by atoms with van der Waals surface area (Å²) in [6, 6.07) is 7.10. The fourth-order valence-corrected chi connectivity index (χ4v) is 3.22. The molecule has 4 nitrogen and oxygen atoms in total. The van der Waals surface area contributed by atoms with Gasteiger partial charge in [0.15, 0.2) is 11.5 Å². The molecule has 1 unspecified atom stereocenters. The van der Waals surface area contributed by atoms with Crippen molar-refractivity contribution in [2.75, 3.05) is 20.4 Å². The van der Waals surface area contributed by atoms with Crippen LogP contribution in [-0.4, -0.2) is 31.3 Å². The first-order valence-corrected chi connectivity index (χ1v) is 7.11. The molecule has 1 heterocycles. The van der Waals surface area contributed by atoms with Crippen LogP contribution in [0.5, 0.6) is 11.5 Å². The average Bonchev–Trinajstić information content (AvgIpc) is 3.10. The summed E-state index contributed by atoms with van der Waals surface area (Å²) in [6.45, 7) is 0.956. The molecule has 1 atom stereocenters. The minimum Gasteiger partial charge on any atom is -0.454 e. The van der Waals surface area contributed by atoms with E-state index in [0.29, 0.717) is 19.4 Å². The summed E-state index contributed by atoms with van der Waals surface area (Å²) in [7, 11) is 2.19. The Morgan fingerprint density at radius 3 is 2.74 bits per heavy atom. The topological polar surface area (TPSA) is 47.7 Å². The first-order valence-electron chi connectivity index (χ1n) is 7.11. The van der Waals surface area contributed by atoms with Gasteiger partial charge in [-0.15, -0.1) is 0 Å². The maximum Gasteiger partial charge on any atom is 0.231 e. The van der Waals surface area contributed by atoms with Gasteiger partial charge in [0.25, 0.3) is 0 Å². The first kappa shape index (κ1) is 12.8. The summed E-state index contributed by atoms with van der Waals surface area (Å²) >= 11 is 0. The normalized spacial score (nSPS) is 20.2. The molecule has 3 rings (SSSR count). The molecule has 104 valence electrons. The van der Waals surface area contributed by atoms with E-state index < -0.39 is 0 Å². The third-order valence-electron chi connectivity index (χ3n) is 4.40. The Kier molecular flexibility index (Phi) is 3.62. The number of likely N-dealkylation sites (N-methyl/N-ethyl adjacent to an activating group) is 1. The van der Waals surface area contributed by atoms with Gasteiger partial charge >= 0.3 is 0 Å². The molecule has 1 saturated carbocycles. The molecule has 0 spiro atoms. The number of nitrogens with two attached hydrogens (primary N) is 1. The van der Waals surface area contributed by atoms with Crippen LogP contribution in [0, 0.1) is 0 Å². The van der Waals surface area contributed by atoms with Crippen LogP contribution in [0.15, 0.2) is 18.2 Å². The molecule has 0 saturated heterocycles. The Morgan fingerprint density at radius 2 is 2.00 bits per heavy atom. The van der Waals surface area contributed by atoms with E-state index in [1.165, 1.54) is 31.2 Å². The molecule has 0 radical (unpaired) electrons. The van der Waals surface area contributed by atoms with Crippen LogP contribution < -0.4 is 15.2 Å². The zero-order valence-electron chi connectivity index (χ0n) is 11.5. The van der Waals surface area contributed by atoms with E-state index in [9.17, 15) is 0 Å². The number of hydrogen-bond acceptors (Lipinski definition) is 4. The average molecular weight is 262 g/mol. The second-order valence-corrected chi connectivity index (χ2v) is 5.47. The molecule has 1 aliphatic carbocycles. The Hall–Kier alpha value is -1.26. The lowest BCUT2D eigenvalue weighted by molar-refractivity contribution is 0.172. The van der Waals surface area contributed by atoms with Gasteiger partial charge in [0.05, 0.1) is 0 Å². The van der Waals surface area contributed by atoms with Gasteiger partial charge in [0.2, 0.25) is 6.79 Å². The highest BCUT2D eigenvalue weighted by molar-refractivity contribution is 5.45. The molecule has 2 N–H and O–H groups in total. The second-order valence-electron chi connectivity index (χ2n) is 5.47. The zero-order valence-corrected chi connectivity index (χ0v) is 11.5. The van der Waals surface area contributed by atoms with Gasteiger partial charge < -0.3 is 15.2 Å². The Labute approximate surface area is 114 Å². The lowest BCUT2D eigenvalue weighted by atomic mass is 10.0. The van der Waals surface area contributed by atoms with Crippen molar-refractivity contribution in [3.8, 4) is 11.5 Å². The van der Waals surface area contributed by atoms with Crippen LogP contribution in [0.25, 0.3) is 0 Å². The van der Waals surface area contributed by atoms with Crippen molar-refractivity contribution in [3.63, 3.8) is 0 Å². The van der Waals surface area contributed by atoms with Crippen LogP contribution in [0.2, 0.25) is 0 Å². The predicted octanol–water partition coefficient (Wildman–Crippen LogP) is 2.29. The third-order valence-corrected chi connectivity index (χ3v) is 4.40. The van der Waals surface area contributed by atoms with Crippen LogP contribution in [0.4, 0.5) is 0 Å². The SMILES string of the molecule is CN(C1CCCC1)C(CN)c1ccc2c(c1)OCO2. The summed E-state index contributed by atoms with van der Waals surface area (Å²) in [4.78, 5) is 2.44. The van der Waals surface area contributed by atoms with Gasteiger partial charge in [-0.05, 0) is 37.6 Å². The van der Waals surface area contributed by atoms with Crippen molar-refractivity contribution in [2.24, 2.45) is 5.73 Å². The maximum atomic E-state index is 6.00. The molecule has 19 heavy (non-hydrogen) atoms. The molecule has 1 aromatic carbocycles. The molecule has 0 bridgehead atoms. The van der Waals surface area contributed by atoms with E-state index in [2.05, 4.69) is 24.1 Å². The quantitative estimate of drug-likeness (QED) is 0.904. The summed E-state index contributed by atoms with van der Waals surface area (Å²) in [5, 5.41) is 0. The summed E-state index contributed by atoms with van der Waals surface area (Å²) in [5.74, 6) is 1.68. The molecule has 0 aromatic heterocycles. The van der Waals surface area contributed by atoms with Crippen molar-refractivity contribution in [2.45, 2.75) is 37.8 Å². The van der Waals surface area contributed by atoms with E-state index in [0.717, 1.165) is 11.5 Å². The summed E-state index contributed by atoms with van der Waals surface area (Å²) in [6.07, 6.45) is 5.26.